The summed E-state index contributed by atoms with van der Waals surface area (Å²) in [6, 6.07) is 4.73. The molecule has 0 aliphatic heterocycles. The van der Waals surface area contributed by atoms with Crippen molar-refractivity contribution >= 4 is 75.0 Å². The maximum Gasteiger partial charge on any atom is 0.351 e. The van der Waals surface area contributed by atoms with Crippen LogP contribution in [0.5, 0.6) is 0 Å². The molecule has 0 saturated heterocycles. The Hall–Kier alpha value is -1.78. The normalized spacial score (nSPS) is 12.1. The summed E-state index contributed by atoms with van der Waals surface area (Å²) in [5.41, 5.74) is 2.08. The first kappa shape index (κ1) is 23.9. The molecule has 0 aliphatic carbocycles. The van der Waals surface area contributed by atoms with Crippen molar-refractivity contribution in [3.05, 3.63) is 54.6 Å². The third-order valence-electron chi connectivity index (χ3n) is 4.21. The highest BCUT2D eigenvalue weighted by Crippen LogP contribution is 2.39. The Balaban J connectivity index is 1.88. The first-order valence-electron chi connectivity index (χ1n) is 8.54. The van der Waals surface area contributed by atoms with Crippen molar-refractivity contribution < 1.29 is 23.1 Å². The van der Waals surface area contributed by atoms with Gasteiger partial charge in [-0.1, -0.05) is 40.9 Å². The van der Waals surface area contributed by atoms with Crippen LogP contribution in [0.15, 0.2) is 29.8 Å². The summed E-state index contributed by atoms with van der Waals surface area (Å²) in [5, 5.41) is 2.69. The van der Waals surface area contributed by atoms with E-state index in [2.05, 4.69) is 15.0 Å². The second-order valence-corrected chi connectivity index (χ2v) is 9.47. The number of rotatable bonds is 8. The van der Waals surface area contributed by atoms with Gasteiger partial charge in [-0.2, -0.15) is 0 Å². The number of aromatic nitrogens is 1. The molecule has 0 saturated carbocycles. The molecule has 3 rings (SSSR count). The third-order valence-corrected chi connectivity index (χ3v) is 7.06. The van der Waals surface area contributed by atoms with Gasteiger partial charge in [-0.25, -0.2) is 18.6 Å². The summed E-state index contributed by atoms with van der Waals surface area (Å²) in [6.07, 6.45) is -3.53. The van der Waals surface area contributed by atoms with Crippen molar-refractivity contribution in [3.8, 4) is 10.4 Å². The number of Topliss-reactive ketones (excluding diaryl/α,β-unsaturated/α-hetero) is 1. The summed E-state index contributed by atoms with van der Waals surface area (Å²) in [7, 11) is 1.15. The second kappa shape index (κ2) is 10.2. The monoisotopic (exact) mass is 524 g/mol. The lowest BCUT2D eigenvalue weighted by Crippen LogP contribution is -2.38. The number of alkyl halides is 2. The fourth-order valence-corrected chi connectivity index (χ4v) is 5.11. The third kappa shape index (κ3) is 5.35. The van der Waals surface area contributed by atoms with Gasteiger partial charge >= 0.3 is 5.97 Å². The predicted octanol–water partition coefficient (Wildman–Crippen LogP) is 6.48. The number of nitrogens with zero attached hydrogens (tertiary/aromatic N) is 1. The molecule has 164 valence electrons. The molecule has 0 radical (unpaired) electrons. The van der Waals surface area contributed by atoms with E-state index in [1.807, 2.05) is 0 Å². The number of benzene rings is 1. The topological polar surface area (TPSA) is 68.3 Å². The zero-order valence-electron chi connectivity index (χ0n) is 15.6. The van der Waals surface area contributed by atoms with E-state index in [0.717, 1.165) is 23.3 Å². The molecule has 1 unspecified atom stereocenters. The van der Waals surface area contributed by atoms with E-state index >= 15 is 0 Å². The number of carbonyl (C=O) groups is 2. The highest BCUT2D eigenvalue weighted by molar-refractivity contribution is 7.19. The lowest BCUT2D eigenvalue weighted by atomic mass is 10.0. The standard InChI is InChI=1S/C19H13Cl3F2N2O3S2/c1-29-19(28)16-18(25-7-30-16)26-15(17(23)24)11(27)6-9-10(20)3-2-8(14(9)22)12-4-5-13(21)31-12/h2-5,7,15,17,26H,6H2,1H3. The van der Waals surface area contributed by atoms with Crippen molar-refractivity contribution in [1.29, 1.82) is 0 Å². The van der Waals surface area contributed by atoms with Crippen molar-refractivity contribution in [2.24, 2.45) is 0 Å². The molecule has 0 amide bonds. The van der Waals surface area contributed by atoms with Crippen LogP contribution in [0.25, 0.3) is 10.4 Å². The number of esters is 1. The van der Waals surface area contributed by atoms with Gasteiger partial charge in [-0.3, -0.25) is 4.79 Å². The highest BCUT2D eigenvalue weighted by atomic mass is 35.5. The Bertz CT molecular complexity index is 1120. The minimum Gasteiger partial charge on any atom is -0.465 e. The Morgan fingerprint density at radius 2 is 1.94 bits per heavy atom. The fraction of sp³-hybridized carbons (Fsp3) is 0.211. The van der Waals surface area contributed by atoms with Crippen LogP contribution in [-0.2, 0) is 16.0 Å². The molecule has 0 bridgehead atoms. The molecule has 12 heteroatoms. The molecule has 2 heterocycles. The minimum absolute atomic E-state index is 0.0198. The van der Waals surface area contributed by atoms with E-state index in [1.165, 1.54) is 16.8 Å². The molecular weight excluding hydrogens is 513 g/mol. The van der Waals surface area contributed by atoms with Crippen LogP contribution in [0.2, 0.25) is 14.4 Å². The zero-order chi connectivity index (χ0) is 22.7. The van der Waals surface area contributed by atoms with E-state index in [4.69, 9.17) is 34.8 Å². The minimum atomic E-state index is -3.07. The summed E-state index contributed by atoms with van der Waals surface area (Å²) >= 11 is 20.8. The number of carbonyl (C=O) groups excluding carboxylic acids is 2. The molecule has 2 aromatic heterocycles. The summed E-state index contributed by atoms with van der Waals surface area (Å²) in [5.74, 6) is -1.78. The van der Waals surface area contributed by atoms with Gasteiger partial charge in [-0.05, 0) is 23.8 Å². The predicted molar refractivity (Wildman–Crippen MR) is 120 cm³/mol. The van der Waals surface area contributed by atoms with Crippen molar-refractivity contribution in [2.75, 3.05) is 12.4 Å². The number of hydrogen-bond acceptors (Lipinski definition) is 7. The van der Waals surface area contributed by atoms with Gasteiger partial charge in [0, 0.05) is 21.9 Å². The highest BCUT2D eigenvalue weighted by Gasteiger charge is 2.31. The molecule has 0 spiro atoms. The average molecular weight is 526 g/mol. The number of thiazole rings is 1. The molecule has 5 nitrogen and oxygen atoms in total. The number of thiophene rings is 1. The van der Waals surface area contributed by atoms with E-state index in [0.29, 0.717) is 9.90 Å². The summed E-state index contributed by atoms with van der Waals surface area (Å²) in [4.78, 5) is 29.1. The lowest BCUT2D eigenvalue weighted by molar-refractivity contribution is -0.122. The Morgan fingerprint density at radius 3 is 2.55 bits per heavy atom. The van der Waals surface area contributed by atoms with Crippen LogP contribution < -0.4 is 5.32 Å². The number of ether oxygens (including phenoxy) is 1. The zero-order valence-corrected chi connectivity index (χ0v) is 19.5. The lowest BCUT2D eigenvalue weighted by Gasteiger charge is -2.18. The van der Waals surface area contributed by atoms with Gasteiger partial charge in [0.2, 0.25) is 0 Å². The fourth-order valence-electron chi connectivity index (χ4n) is 2.71. The van der Waals surface area contributed by atoms with Crippen molar-refractivity contribution in [2.45, 2.75) is 18.9 Å². The molecule has 1 atom stereocenters. The van der Waals surface area contributed by atoms with Crippen molar-refractivity contribution in [3.63, 3.8) is 0 Å². The number of hydrogen-bond donors (Lipinski definition) is 1. The largest absolute Gasteiger partial charge is 0.465 e. The summed E-state index contributed by atoms with van der Waals surface area (Å²) < 4.78 is 32.6. The van der Waals surface area contributed by atoms with Gasteiger partial charge < -0.3 is 10.1 Å². The number of halogens is 5. The van der Waals surface area contributed by atoms with E-state index in [1.54, 1.807) is 24.3 Å². The molecule has 1 aromatic carbocycles. The van der Waals surface area contributed by atoms with Crippen LogP contribution in [0.4, 0.5) is 14.6 Å². The SMILES string of the molecule is COC(=O)c1scnc1NC(C(=O)Cc1c(Cl)ccc(-c2ccc(Cl)s2)c1Cl)C(F)F. The average Bonchev–Trinajstić information content (AvgIpc) is 3.37. The molecule has 0 aliphatic rings. The number of anilines is 1. The van der Waals surface area contributed by atoms with Gasteiger partial charge in [0.1, 0.15) is 6.04 Å². The maximum absolute atomic E-state index is 13.7. The quantitative estimate of drug-likeness (QED) is 0.341. The molecule has 3 aromatic rings. The van der Waals surface area contributed by atoms with Crippen LogP contribution in [0, 0.1) is 0 Å². The summed E-state index contributed by atoms with van der Waals surface area (Å²) in [6.45, 7) is 0. The molecule has 1 N–H and O–H groups in total. The van der Waals surface area contributed by atoms with Crippen LogP contribution in [0.3, 0.4) is 0 Å². The van der Waals surface area contributed by atoms with Gasteiger partial charge in [0.25, 0.3) is 6.43 Å². The van der Waals surface area contributed by atoms with Crippen LogP contribution >= 0.6 is 57.5 Å². The Kier molecular flexibility index (Phi) is 7.87. The van der Waals surface area contributed by atoms with Crippen LogP contribution in [-0.4, -0.2) is 36.3 Å². The number of methoxy groups -OCH3 is 1. The van der Waals surface area contributed by atoms with E-state index in [-0.39, 0.29) is 26.3 Å². The first-order valence-corrected chi connectivity index (χ1v) is 11.4. The molecule has 0 fully saturated rings. The smallest absolute Gasteiger partial charge is 0.351 e. The van der Waals surface area contributed by atoms with Crippen molar-refractivity contribution in [1.82, 2.24) is 4.98 Å². The van der Waals surface area contributed by atoms with E-state index < -0.39 is 30.6 Å². The van der Waals surface area contributed by atoms with Gasteiger partial charge in [0.15, 0.2) is 16.5 Å². The number of ketones is 1. The molecular formula is C19H13Cl3F2N2O3S2. The second-order valence-electron chi connectivity index (χ2n) is 6.11. The van der Waals surface area contributed by atoms with Crippen LogP contribution in [0.1, 0.15) is 15.2 Å². The van der Waals surface area contributed by atoms with E-state index in [9.17, 15) is 18.4 Å². The Morgan fingerprint density at radius 1 is 1.19 bits per heavy atom. The van der Waals surface area contributed by atoms with Gasteiger partial charge in [0.05, 0.1) is 22.0 Å². The van der Waals surface area contributed by atoms with Gasteiger partial charge in [-0.15, -0.1) is 22.7 Å². The number of nitrogens with one attached hydrogen (secondary N) is 1. The maximum atomic E-state index is 13.7. The molecule has 31 heavy (non-hydrogen) atoms. The first-order chi connectivity index (χ1) is 14.7. The Labute approximate surface area is 198 Å².